The van der Waals surface area contributed by atoms with Crippen molar-refractivity contribution in [1.29, 1.82) is 0 Å². The van der Waals surface area contributed by atoms with E-state index in [2.05, 4.69) is 31.2 Å². The minimum absolute atomic E-state index is 0.355. The van der Waals surface area contributed by atoms with E-state index in [4.69, 9.17) is 4.74 Å². The second kappa shape index (κ2) is 7.95. The highest BCUT2D eigenvalue weighted by molar-refractivity contribution is 5.27. The van der Waals surface area contributed by atoms with Crippen molar-refractivity contribution >= 4 is 0 Å². The SMILES string of the molecule is Cc1nn(C)c(C)c1C(C)NCCCOC1CCCCC1. The van der Waals surface area contributed by atoms with Crippen LogP contribution in [0.4, 0.5) is 0 Å². The standard InChI is InChI=1S/C17H31N3O/c1-13(17-14(2)19-20(4)15(17)3)18-11-8-12-21-16-9-6-5-7-10-16/h13,16,18H,5-12H2,1-4H3. The number of aromatic nitrogens is 2. The van der Waals surface area contributed by atoms with Crippen LogP contribution in [0, 0.1) is 13.8 Å². The van der Waals surface area contributed by atoms with Crippen LogP contribution in [0.1, 0.15) is 68.4 Å². The molecule has 0 saturated heterocycles. The zero-order chi connectivity index (χ0) is 15.2. The first kappa shape index (κ1) is 16.5. The number of ether oxygens (including phenoxy) is 1. The van der Waals surface area contributed by atoms with Gasteiger partial charge in [-0.05, 0) is 46.6 Å². The molecule has 1 atom stereocenters. The molecule has 120 valence electrons. The molecule has 0 aromatic carbocycles. The van der Waals surface area contributed by atoms with Gasteiger partial charge in [-0.25, -0.2) is 0 Å². The van der Waals surface area contributed by atoms with E-state index in [1.54, 1.807) is 0 Å². The molecular weight excluding hydrogens is 262 g/mol. The van der Waals surface area contributed by atoms with Crippen LogP contribution < -0.4 is 5.32 Å². The van der Waals surface area contributed by atoms with Gasteiger partial charge in [-0.3, -0.25) is 4.68 Å². The van der Waals surface area contributed by atoms with Gasteiger partial charge in [0.2, 0.25) is 0 Å². The highest BCUT2D eigenvalue weighted by atomic mass is 16.5. The van der Waals surface area contributed by atoms with Crippen molar-refractivity contribution in [3.05, 3.63) is 17.0 Å². The molecule has 1 unspecified atom stereocenters. The Morgan fingerprint density at radius 1 is 1.29 bits per heavy atom. The van der Waals surface area contributed by atoms with Crippen LogP contribution in [0.2, 0.25) is 0 Å². The molecule has 0 bridgehead atoms. The summed E-state index contributed by atoms with van der Waals surface area (Å²) in [5.41, 5.74) is 3.73. The Hall–Kier alpha value is -0.870. The van der Waals surface area contributed by atoms with E-state index in [0.717, 1.165) is 25.3 Å². The van der Waals surface area contributed by atoms with Crippen molar-refractivity contribution in [2.45, 2.75) is 71.4 Å². The van der Waals surface area contributed by atoms with Crippen LogP contribution in [0.3, 0.4) is 0 Å². The third kappa shape index (κ3) is 4.55. The lowest BCUT2D eigenvalue weighted by Crippen LogP contribution is -2.23. The van der Waals surface area contributed by atoms with Crippen LogP contribution in [0.25, 0.3) is 0 Å². The molecule has 0 aliphatic heterocycles. The average molecular weight is 293 g/mol. The summed E-state index contributed by atoms with van der Waals surface area (Å²) in [6, 6.07) is 0.355. The lowest BCUT2D eigenvalue weighted by molar-refractivity contribution is 0.0271. The fourth-order valence-electron chi connectivity index (χ4n) is 3.39. The number of hydrogen-bond acceptors (Lipinski definition) is 3. The molecule has 1 saturated carbocycles. The summed E-state index contributed by atoms with van der Waals surface area (Å²) in [7, 11) is 2.01. The minimum atomic E-state index is 0.355. The maximum Gasteiger partial charge on any atom is 0.0644 e. The molecule has 0 radical (unpaired) electrons. The second-order valence-corrected chi connectivity index (χ2v) is 6.37. The molecule has 1 aliphatic carbocycles. The molecular formula is C17H31N3O. The number of nitrogens with one attached hydrogen (secondary N) is 1. The van der Waals surface area contributed by atoms with E-state index in [-0.39, 0.29) is 0 Å². The Morgan fingerprint density at radius 2 is 2.00 bits per heavy atom. The predicted octanol–water partition coefficient (Wildman–Crippen LogP) is 3.43. The lowest BCUT2D eigenvalue weighted by Gasteiger charge is -2.22. The summed E-state index contributed by atoms with van der Waals surface area (Å²) in [6.45, 7) is 8.34. The quantitative estimate of drug-likeness (QED) is 0.783. The van der Waals surface area contributed by atoms with Gasteiger partial charge in [-0.1, -0.05) is 19.3 Å². The van der Waals surface area contributed by atoms with Gasteiger partial charge in [0.25, 0.3) is 0 Å². The lowest BCUT2D eigenvalue weighted by atomic mass is 9.98. The molecule has 1 heterocycles. The van der Waals surface area contributed by atoms with Crippen LogP contribution >= 0.6 is 0 Å². The van der Waals surface area contributed by atoms with Gasteiger partial charge in [0.15, 0.2) is 0 Å². The molecule has 1 aromatic heterocycles. The zero-order valence-corrected chi connectivity index (χ0v) is 14.1. The van der Waals surface area contributed by atoms with Crippen LogP contribution in [0.5, 0.6) is 0 Å². The number of hydrogen-bond donors (Lipinski definition) is 1. The molecule has 2 rings (SSSR count). The number of aryl methyl sites for hydroxylation is 2. The Morgan fingerprint density at radius 3 is 2.62 bits per heavy atom. The second-order valence-electron chi connectivity index (χ2n) is 6.37. The van der Waals surface area contributed by atoms with Crippen molar-refractivity contribution in [2.75, 3.05) is 13.2 Å². The Kier molecular flexibility index (Phi) is 6.24. The minimum Gasteiger partial charge on any atom is -0.378 e. The fourth-order valence-corrected chi connectivity index (χ4v) is 3.39. The predicted molar refractivity (Wildman–Crippen MR) is 86.5 cm³/mol. The normalized spacial score (nSPS) is 18.1. The zero-order valence-electron chi connectivity index (χ0n) is 14.1. The van der Waals surface area contributed by atoms with Gasteiger partial charge in [0.1, 0.15) is 0 Å². The highest BCUT2D eigenvalue weighted by Gasteiger charge is 2.16. The van der Waals surface area contributed by atoms with E-state index in [0.29, 0.717) is 12.1 Å². The van der Waals surface area contributed by atoms with Gasteiger partial charge in [-0.15, -0.1) is 0 Å². The average Bonchev–Trinajstić information content (AvgIpc) is 2.73. The summed E-state index contributed by atoms with van der Waals surface area (Å²) in [4.78, 5) is 0. The summed E-state index contributed by atoms with van der Waals surface area (Å²) >= 11 is 0. The van der Waals surface area contributed by atoms with Gasteiger partial charge in [0.05, 0.1) is 11.8 Å². The summed E-state index contributed by atoms with van der Waals surface area (Å²) in [5, 5.41) is 8.09. The first-order chi connectivity index (χ1) is 10.1. The molecule has 1 N–H and O–H groups in total. The van der Waals surface area contributed by atoms with Crippen LogP contribution in [-0.4, -0.2) is 29.0 Å². The first-order valence-corrected chi connectivity index (χ1v) is 8.44. The Labute approximate surface area is 129 Å². The van der Waals surface area contributed by atoms with Crippen LogP contribution in [-0.2, 0) is 11.8 Å². The van der Waals surface area contributed by atoms with E-state index in [9.17, 15) is 0 Å². The molecule has 0 spiro atoms. The van der Waals surface area contributed by atoms with Crippen molar-refractivity contribution in [1.82, 2.24) is 15.1 Å². The molecule has 1 fully saturated rings. The fraction of sp³-hybridized carbons (Fsp3) is 0.824. The number of rotatable bonds is 7. The monoisotopic (exact) mass is 293 g/mol. The maximum atomic E-state index is 5.97. The third-order valence-corrected chi connectivity index (χ3v) is 4.68. The smallest absolute Gasteiger partial charge is 0.0644 e. The van der Waals surface area contributed by atoms with Gasteiger partial charge in [0, 0.05) is 31.0 Å². The van der Waals surface area contributed by atoms with Crippen molar-refractivity contribution in [3.63, 3.8) is 0 Å². The van der Waals surface area contributed by atoms with Crippen molar-refractivity contribution in [2.24, 2.45) is 7.05 Å². The third-order valence-electron chi connectivity index (χ3n) is 4.68. The van der Waals surface area contributed by atoms with Gasteiger partial charge in [-0.2, -0.15) is 5.10 Å². The molecule has 1 aromatic rings. The van der Waals surface area contributed by atoms with Crippen molar-refractivity contribution in [3.8, 4) is 0 Å². The van der Waals surface area contributed by atoms with E-state index in [1.165, 1.54) is 43.4 Å². The number of nitrogens with zero attached hydrogens (tertiary/aromatic N) is 2. The Bertz CT molecular complexity index is 435. The maximum absolute atomic E-state index is 5.97. The largest absolute Gasteiger partial charge is 0.378 e. The van der Waals surface area contributed by atoms with Gasteiger partial charge >= 0.3 is 0 Å². The molecule has 1 aliphatic rings. The van der Waals surface area contributed by atoms with Gasteiger partial charge < -0.3 is 10.1 Å². The molecule has 0 amide bonds. The molecule has 4 heteroatoms. The van der Waals surface area contributed by atoms with Crippen LogP contribution in [0.15, 0.2) is 0 Å². The van der Waals surface area contributed by atoms with E-state index < -0.39 is 0 Å². The summed E-state index contributed by atoms with van der Waals surface area (Å²) in [5.74, 6) is 0. The van der Waals surface area contributed by atoms with Crippen molar-refractivity contribution < 1.29 is 4.74 Å². The topological polar surface area (TPSA) is 39.1 Å². The molecule has 4 nitrogen and oxygen atoms in total. The molecule has 21 heavy (non-hydrogen) atoms. The van der Waals surface area contributed by atoms with E-state index >= 15 is 0 Å². The summed E-state index contributed by atoms with van der Waals surface area (Å²) in [6.07, 6.45) is 8.22. The Balaban J connectivity index is 1.66. The first-order valence-electron chi connectivity index (χ1n) is 8.44. The van der Waals surface area contributed by atoms with E-state index in [1.807, 2.05) is 11.7 Å². The summed E-state index contributed by atoms with van der Waals surface area (Å²) < 4.78 is 7.93. The highest BCUT2D eigenvalue weighted by Crippen LogP contribution is 2.21.